The molecule has 88 valence electrons. The molecule has 0 radical (unpaired) electrons. The van der Waals surface area contributed by atoms with Gasteiger partial charge in [-0.3, -0.25) is 0 Å². The third kappa shape index (κ3) is 4.36. The molecule has 0 atom stereocenters. The molecule has 0 saturated carbocycles. The number of ether oxygens (including phenoxy) is 2. The zero-order valence-electron chi connectivity index (χ0n) is 9.90. The van der Waals surface area contributed by atoms with E-state index >= 15 is 0 Å². The predicted molar refractivity (Wildman–Crippen MR) is 66.2 cm³/mol. The Morgan fingerprint density at radius 3 is 2.62 bits per heavy atom. The summed E-state index contributed by atoms with van der Waals surface area (Å²) in [5, 5.41) is 3.20. The molecule has 1 aromatic carbocycles. The summed E-state index contributed by atoms with van der Waals surface area (Å²) in [7, 11) is 1.64. The van der Waals surface area contributed by atoms with E-state index in [9.17, 15) is 0 Å². The molecule has 3 nitrogen and oxygen atoms in total. The minimum absolute atomic E-state index is 0.561. The average molecular weight is 221 g/mol. The van der Waals surface area contributed by atoms with Crippen LogP contribution in [0.2, 0.25) is 0 Å². The van der Waals surface area contributed by atoms with Crippen LogP contribution in [0.1, 0.15) is 6.92 Å². The van der Waals surface area contributed by atoms with Crippen LogP contribution in [-0.4, -0.2) is 26.8 Å². The molecule has 0 spiro atoms. The molecular weight excluding hydrogens is 202 g/mol. The predicted octanol–water partition coefficient (Wildman–Crippen LogP) is 2.24. The van der Waals surface area contributed by atoms with Crippen LogP contribution in [0.15, 0.2) is 36.4 Å². The van der Waals surface area contributed by atoms with Crippen LogP contribution >= 0.6 is 0 Å². The monoisotopic (exact) mass is 221 g/mol. The van der Waals surface area contributed by atoms with E-state index in [-0.39, 0.29) is 0 Å². The van der Waals surface area contributed by atoms with Crippen molar-refractivity contribution >= 4 is 0 Å². The van der Waals surface area contributed by atoms with Gasteiger partial charge >= 0.3 is 0 Å². The van der Waals surface area contributed by atoms with Gasteiger partial charge in [0.15, 0.2) is 11.5 Å². The molecule has 0 aromatic heterocycles. The fraction of sp³-hybridized carbons (Fsp3) is 0.385. The second kappa shape index (κ2) is 7.77. The Balaban J connectivity index is 2.34. The fourth-order valence-corrected chi connectivity index (χ4v) is 1.25. The van der Waals surface area contributed by atoms with E-state index in [0.29, 0.717) is 6.61 Å². The number of para-hydroxylation sites is 2. The van der Waals surface area contributed by atoms with Crippen LogP contribution in [0.5, 0.6) is 11.5 Å². The maximum absolute atomic E-state index is 5.57. The number of hydrogen-bond donors (Lipinski definition) is 1. The molecule has 1 rings (SSSR count). The van der Waals surface area contributed by atoms with Gasteiger partial charge in [0, 0.05) is 6.54 Å². The van der Waals surface area contributed by atoms with Crippen molar-refractivity contribution in [2.45, 2.75) is 6.92 Å². The van der Waals surface area contributed by atoms with E-state index in [0.717, 1.165) is 24.6 Å². The summed E-state index contributed by atoms with van der Waals surface area (Å²) in [6, 6.07) is 7.64. The van der Waals surface area contributed by atoms with E-state index in [1.807, 2.05) is 30.3 Å². The van der Waals surface area contributed by atoms with Gasteiger partial charge in [0.1, 0.15) is 6.61 Å². The molecule has 1 aromatic rings. The molecule has 3 heteroatoms. The Morgan fingerprint density at radius 1 is 1.19 bits per heavy atom. The molecule has 0 amide bonds. The van der Waals surface area contributed by atoms with Crippen LogP contribution < -0.4 is 14.8 Å². The van der Waals surface area contributed by atoms with Crippen LogP contribution in [0.25, 0.3) is 0 Å². The second-order valence-corrected chi connectivity index (χ2v) is 3.24. The van der Waals surface area contributed by atoms with Crippen LogP contribution in [-0.2, 0) is 0 Å². The summed E-state index contributed by atoms with van der Waals surface area (Å²) in [5.74, 6) is 1.54. The summed E-state index contributed by atoms with van der Waals surface area (Å²) >= 11 is 0. The molecule has 0 aliphatic carbocycles. The van der Waals surface area contributed by atoms with Gasteiger partial charge in [-0.05, 0) is 18.7 Å². The summed E-state index contributed by atoms with van der Waals surface area (Å²) in [6.45, 7) is 4.51. The number of methoxy groups -OCH3 is 1. The highest BCUT2D eigenvalue weighted by Crippen LogP contribution is 2.25. The molecule has 0 saturated heterocycles. The molecule has 1 N–H and O–H groups in total. The molecule has 16 heavy (non-hydrogen) atoms. The Hall–Kier alpha value is -1.48. The number of rotatable bonds is 7. The first-order valence-electron chi connectivity index (χ1n) is 5.50. The molecule has 0 fully saturated rings. The fourth-order valence-electron chi connectivity index (χ4n) is 1.25. The maximum atomic E-state index is 5.57. The highest BCUT2D eigenvalue weighted by atomic mass is 16.5. The maximum Gasteiger partial charge on any atom is 0.161 e. The van der Waals surface area contributed by atoms with Gasteiger partial charge in [-0.1, -0.05) is 31.2 Å². The number of nitrogens with one attached hydrogen (secondary N) is 1. The molecular formula is C13H19NO2. The molecule has 0 aliphatic heterocycles. The van der Waals surface area contributed by atoms with Gasteiger partial charge < -0.3 is 14.8 Å². The Bertz CT molecular complexity index is 323. The lowest BCUT2D eigenvalue weighted by atomic mass is 10.3. The van der Waals surface area contributed by atoms with Crippen molar-refractivity contribution in [3.8, 4) is 11.5 Å². The minimum Gasteiger partial charge on any atom is -0.493 e. The second-order valence-electron chi connectivity index (χ2n) is 3.24. The summed E-state index contributed by atoms with van der Waals surface area (Å²) in [5.41, 5.74) is 0. The number of hydrogen-bond acceptors (Lipinski definition) is 3. The van der Waals surface area contributed by atoms with Crippen molar-refractivity contribution in [3.63, 3.8) is 0 Å². The quantitative estimate of drug-likeness (QED) is 0.566. The minimum atomic E-state index is 0.561. The van der Waals surface area contributed by atoms with Gasteiger partial charge in [0.2, 0.25) is 0 Å². The highest BCUT2D eigenvalue weighted by Gasteiger charge is 1.99. The molecule has 0 aliphatic rings. The van der Waals surface area contributed by atoms with Crippen LogP contribution in [0.4, 0.5) is 0 Å². The van der Waals surface area contributed by atoms with Gasteiger partial charge in [0.05, 0.1) is 7.11 Å². The Labute approximate surface area is 97.1 Å². The third-order valence-electron chi connectivity index (χ3n) is 2.08. The lowest BCUT2D eigenvalue weighted by molar-refractivity contribution is 0.326. The first kappa shape index (κ1) is 12.6. The van der Waals surface area contributed by atoms with E-state index in [4.69, 9.17) is 9.47 Å². The van der Waals surface area contributed by atoms with Crippen molar-refractivity contribution in [2.75, 3.05) is 26.8 Å². The first-order chi connectivity index (χ1) is 7.88. The lowest BCUT2D eigenvalue weighted by Gasteiger charge is -2.08. The highest BCUT2D eigenvalue weighted by molar-refractivity contribution is 5.39. The van der Waals surface area contributed by atoms with E-state index in [1.54, 1.807) is 7.11 Å². The summed E-state index contributed by atoms with van der Waals surface area (Å²) in [6.07, 6.45) is 4.05. The lowest BCUT2D eigenvalue weighted by Crippen LogP contribution is -2.11. The topological polar surface area (TPSA) is 30.5 Å². The normalized spacial score (nSPS) is 10.6. The average Bonchev–Trinajstić information content (AvgIpc) is 2.34. The van der Waals surface area contributed by atoms with Crippen molar-refractivity contribution in [1.82, 2.24) is 5.32 Å². The van der Waals surface area contributed by atoms with Crippen LogP contribution in [0.3, 0.4) is 0 Å². The largest absolute Gasteiger partial charge is 0.493 e. The van der Waals surface area contributed by atoms with Crippen LogP contribution in [0, 0.1) is 0 Å². The van der Waals surface area contributed by atoms with Crippen molar-refractivity contribution < 1.29 is 9.47 Å². The zero-order chi connectivity index (χ0) is 11.6. The number of likely N-dealkylation sites (N-methyl/N-ethyl adjacent to an activating group) is 1. The molecule has 0 heterocycles. The van der Waals surface area contributed by atoms with Gasteiger partial charge in [-0.25, -0.2) is 0 Å². The van der Waals surface area contributed by atoms with Gasteiger partial charge in [-0.15, -0.1) is 0 Å². The van der Waals surface area contributed by atoms with Crippen molar-refractivity contribution in [3.05, 3.63) is 36.4 Å². The molecule has 0 unspecified atom stereocenters. The summed E-state index contributed by atoms with van der Waals surface area (Å²) in [4.78, 5) is 0. The standard InChI is InChI=1S/C13H19NO2/c1-3-14-10-6-7-11-16-13-9-5-4-8-12(13)15-2/h4-9,14H,3,10-11H2,1-2H3. The smallest absolute Gasteiger partial charge is 0.161 e. The Morgan fingerprint density at radius 2 is 1.94 bits per heavy atom. The van der Waals surface area contributed by atoms with Crippen molar-refractivity contribution in [1.29, 1.82) is 0 Å². The van der Waals surface area contributed by atoms with E-state index < -0.39 is 0 Å². The third-order valence-corrected chi connectivity index (χ3v) is 2.08. The SMILES string of the molecule is CCNCC=CCOc1ccccc1OC. The molecule has 0 bridgehead atoms. The zero-order valence-corrected chi connectivity index (χ0v) is 9.90. The van der Waals surface area contributed by atoms with E-state index in [2.05, 4.69) is 18.3 Å². The van der Waals surface area contributed by atoms with Gasteiger partial charge in [-0.2, -0.15) is 0 Å². The van der Waals surface area contributed by atoms with Crippen molar-refractivity contribution in [2.24, 2.45) is 0 Å². The summed E-state index contributed by atoms with van der Waals surface area (Å²) < 4.78 is 10.7. The van der Waals surface area contributed by atoms with E-state index in [1.165, 1.54) is 0 Å². The van der Waals surface area contributed by atoms with Gasteiger partial charge in [0.25, 0.3) is 0 Å². The number of benzene rings is 1. The Kier molecular flexibility index (Phi) is 6.11. The first-order valence-corrected chi connectivity index (χ1v) is 5.50.